The topological polar surface area (TPSA) is 67.0 Å². The molecule has 0 saturated heterocycles. The lowest BCUT2D eigenvalue weighted by Gasteiger charge is -2.03. The van der Waals surface area contributed by atoms with Gasteiger partial charge in [-0.05, 0) is 6.07 Å². The molecule has 0 unspecified atom stereocenters. The van der Waals surface area contributed by atoms with E-state index in [1.807, 2.05) is 6.07 Å². The maximum absolute atomic E-state index is 10.8. The van der Waals surface area contributed by atoms with Gasteiger partial charge in [-0.15, -0.1) is 0 Å². The van der Waals surface area contributed by atoms with E-state index in [1.54, 1.807) is 0 Å². The van der Waals surface area contributed by atoms with Gasteiger partial charge in [0.1, 0.15) is 6.07 Å². The van der Waals surface area contributed by atoms with Crippen LogP contribution in [0.4, 0.5) is 4.79 Å². The van der Waals surface area contributed by atoms with E-state index in [4.69, 9.17) is 16.9 Å². The maximum Gasteiger partial charge on any atom is 0.431 e. The van der Waals surface area contributed by atoms with Crippen LogP contribution in [0.2, 0.25) is 5.02 Å². The van der Waals surface area contributed by atoms with Crippen LogP contribution in [0.1, 0.15) is 5.69 Å². The highest BCUT2D eigenvalue weighted by atomic mass is 35.5. The monoisotopic (exact) mass is 199 g/mol. The number of hydrogen-bond donors (Lipinski definition) is 1. The average molecular weight is 200 g/mol. The molecule has 1 aromatic rings. The highest BCUT2D eigenvalue weighted by molar-refractivity contribution is 6.30. The number of halogens is 1. The molecule has 0 radical (unpaired) electrons. The van der Waals surface area contributed by atoms with Crippen molar-refractivity contribution in [3.05, 3.63) is 23.0 Å². The minimum atomic E-state index is -0.663. The molecule has 0 bridgehead atoms. The molecule has 1 rings (SSSR count). The first-order valence-corrected chi connectivity index (χ1v) is 3.73. The zero-order valence-corrected chi connectivity index (χ0v) is 7.50. The minimum absolute atomic E-state index is 0.161. The molecule has 0 aromatic carbocycles. The molecule has 1 N–H and O–H groups in total. The van der Waals surface area contributed by atoms with E-state index in [2.05, 4.69) is 10.2 Å². The second-order valence-electron chi connectivity index (χ2n) is 2.11. The van der Waals surface area contributed by atoms with Crippen LogP contribution in [0, 0.1) is 11.3 Å². The molecule has 6 heteroatoms. The highest BCUT2D eigenvalue weighted by Gasteiger charge is 2.07. The third-order valence-corrected chi connectivity index (χ3v) is 1.46. The van der Waals surface area contributed by atoms with E-state index in [1.165, 1.54) is 19.3 Å². The summed E-state index contributed by atoms with van der Waals surface area (Å²) in [7, 11) is 1.42. The molecule has 0 aliphatic rings. The van der Waals surface area contributed by atoms with Crippen LogP contribution in [-0.2, 0) is 0 Å². The molecule has 0 aliphatic heterocycles. The van der Waals surface area contributed by atoms with Crippen molar-refractivity contribution in [1.29, 1.82) is 5.26 Å². The Balaban J connectivity index is 2.88. The van der Waals surface area contributed by atoms with Gasteiger partial charge in [-0.2, -0.15) is 9.99 Å². The van der Waals surface area contributed by atoms with Crippen molar-refractivity contribution in [2.45, 2.75) is 0 Å². The number of nitriles is 1. The Bertz CT molecular complexity index is 366. The predicted octanol–water partition coefficient (Wildman–Crippen LogP) is 0.781. The highest BCUT2D eigenvalue weighted by Crippen LogP contribution is 2.11. The predicted molar refractivity (Wildman–Crippen MR) is 45.2 cm³/mol. The molecule has 13 heavy (non-hydrogen) atoms. The molecular formula is C7H6ClN3O2. The number of carbonyl (C=O) groups excluding carboxylic acids is 1. The van der Waals surface area contributed by atoms with E-state index in [0.717, 1.165) is 4.73 Å². The molecule has 0 fully saturated rings. The summed E-state index contributed by atoms with van der Waals surface area (Å²) in [6, 6.07) is 3.21. The second kappa shape index (κ2) is 3.83. The smallest absolute Gasteiger partial charge is 0.323 e. The van der Waals surface area contributed by atoms with E-state index in [9.17, 15) is 4.79 Å². The molecule has 1 aromatic heterocycles. The maximum atomic E-state index is 10.8. The first-order valence-electron chi connectivity index (χ1n) is 3.35. The van der Waals surface area contributed by atoms with Gasteiger partial charge < -0.3 is 10.2 Å². The molecule has 0 aliphatic carbocycles. The van der Waals surface area contributed by atoms with Gasteiger partial charge in [0.05, 0.1) is 11.2 Å². The van der Waals surface area contributed by atoms with Gasteiger partial charge >= 0.3 is 6.09 Å². The SMILES string of the molecule is CNC(=O)On1cc(Cl)cc1C#N. The second-order valence-corrected chi connectivity index (χ2v) is 2.55. The van der Waals surface area contributed by atoms with Crippen molar-refractivity contribution in [3.63, 3.8) is 0 Å². The van der Waals surface area contributed by atoms with E-state index >= 15 is 0 Å². The Kier molecular flexibility index (Phi) is 2.77. The van der Waals surface area contributed by atoms with Crippen molar-refractivity contribution < 1.29 is 9.63 Å². The summed E-state index contributed by atoms with van der Waals surface area (Å²) in [5.41, 5.74) is 0.161. The summed E-state index contributed by atoms with van der Waals surface area (Å²) in [4.78, 5) is 15.4. The van der Waals surface area contributed by atoms with Crippen LogP contribution >= 0.6 is 11.6 Å². The van der Waals surface area contributed by atoms with Crippen LogP contribution in [0.5, 0.6) is 0 Å². The fraction of sp³-hybridized carbons (Fsp3) is 0.143. The normalized spacial score (nSPS) is 9.00. The van der Waals surface area contributed by atoms with Crippen molar-refractivity contribution in [1.82, 2.24) is 10.0 Å². The summed E-state index contributed by atoms with van der Waals surface area (Å²) >= 11 is 5.59. The number of rotatable bonds is 1. The lowest BCUT2D eigenvalue weighted by molar-refractivity contribution is 0.134. The Hall–Kier alpha value is -1.67. The molecule has 0 atom stereocenters. The summed E-state index contributed by atoms with van der Waals surface area (Å²) in [5.74, 6) is 0. The van der Waals surface area contributed by atoms with Gasteiger partial charge in [-0.25, -0.2) is 4.79 Å². The Labute approximate surface area is 79.4 Å². The minimum Gasteiger partial charge on any atom is -0.323 e. The van der Waals surface area contributed by atoms with Gasteiger partial charge in [0.2, 0.25) is 0 Å². The summed E-state index contributed by atoms with van der Waals surface area (Å²) in [6.45, 7) is 0. The fourth-order valence-corrected chi connectivity index (χ4v) is 0.897. The number of carbonyl (C=O) groups is 1. The zero-order valence-electron chi connectivity index (χ0n) is 6.74. The Morgan fingerprint density at radius 1 is 1.85 bits per heavy atom. The number of nitrogens with zero attached hydrogens (tertiary/aromatic N) is 2. The molecule has 0 spiro atoms. The molecular weight excluding hydrogens is 194 g/mol. The number of hydrogen-bond acceptors (Lipinski definition) is 3. The molecule has 1 heterocycles. The van der Waals surface area contributed by atoms with Crippen LogP contribution in [0.3, 0.4) is 0 Å². The summed E-state index contributed by atoms with van der Waals surface area (Å²) in [5, 5.41) is 11.1. The van der Waals surface area contributed by atoms with Crippen molar-refractivity contribution in [2.24, 2.45) is 0 Å². The third-order valence-electron chi connectivity index (χ3n) is 1.25. The van der Waals surface area contributed by atoms with Crippen LogP contribution in [0.25, 0.3) is 0 Å². The van der Waals surface area contributed by atoms with Gasteiger partial charge in [-0.1, -0.05) is 11.6 Å². The molecule has 1 amide bonds. The first-order chi connectivity index (χ1) is 6.17. The van der Waals surface area contributed by atoms with Gasteiger partial charge in [0, 0.05) is 7.05 Å². The number of aromatic nitrogens is 1. The standard InChI is InChI=1S/C7H6ClN3O2/c1-10-7(12)13-11-4-5(8)2-6(11)3-9/h2,4H,1H3,(H,10,12). The molecule has 68 valence electrons. The van der Waals surface area contributed by atoms with Crippen molar-refractivity contribution in [2.75, 3.05) is 7.05 Å². The molecule has 0 saturated carbocycles. The quantitative estimate of drug-likeness (QED) is 0.727. The van der Waals surface area contributed by atoms with Crippen molar-refractivity contribution in [3.8, 4) is 6.07 Å². The van der Waals surface area contributed by atoms with Gasteiger partial charge in [-0.3, -0.25) is 0 Å². The number of amides is 1. The third kappa shape index (κ3) is 2.13. The Morgan fingerprint density at radius 3 is 3.08 bits per heavy atom. The summed E-state index contributed by atoms with van der Waals surface area (Å²) in [6.07, 6.45) is 0.666. The Morgan fingerprint density at radius 2 is 2.54 bits per heavy atom. The zero-order chi connectivity index (χ0) is 9.84. The van der Waals surface area contributed by atoms with E-state index < -0.39 is 6.09 Å². The lowest BCUT2D eigenvalue weighted by Crippen LogP contribution is -2.29. The van der Waals surface area contributed by atoms with Gasteiger partial charge in [0.25, 0.3) is 0 Å². The first kappa shape index (κ1) is 9.42. The lowest BCUT2D eigenvalue weighted by atomic mass is 10.5. The fourth-order valence-electron chi connectivity index (χ4n) is 0.705. The molecule has 5 nitrogen and oxygen atoms in total. The van der Waals surface area contributed by atoms with E-state index in [0.29, 0.717) is 5.02 Å². The van der Waals surface area contributed by atoms with Crippen LogP contribution < -0.4 is 10.2 Å². The average Bonchev–Trinajstić information content (AvgIpc) is 2.46. The van der Waals surface area contributed by atoms with Crippen molar-refractivity contribution >= 4 is 17.7 Å². The van der Waals surface area contributed by atoms with E-state index in [-0.39, 0.29) is 5.69 Å². The largest absolute Gasteiger partial charge is 0.431 e. The summed E-state index contributed by atoms with van der Waals surface area (Å²) < 4.78 is 1.00. The van der Waals surface area contributed by atoms with Crippen LogP contribution in [0.15, 0.2) is 12.3 Å². The van der Waals surface area contributed by atoms with Crippen LogP contribution in [-0.4, -0.2) is 17.9 Å². The van der Waals surface area contributed by atoms with Gasteiger partial charge in [0.15, 0.2) is 5.69 Å². The number of nitrogens with one attached hydrogen (secondary N) is 1.